The van der Waals surface area contributed by atoms with Gasteiger partial charge in [-0.25, -0.2) is 14.8 Å². The number of rotatable bonds is 4. The van der Waals surface area contributed by atoms with Gasteiger partial charge >= 0.3 is 5.97 Å². The summed E-state index contributed by atoms with van der Waals surface area (Å²) in [6.45, 7) is 0. The number of fused-ring (bicyclic) bond motifs is 1. The number of aromatic carboxylic acids is 1. The SMILES string of the molecule is COc1ccc(Cl)cc1Nc1ncnc2cccc(C(=O)O)c12. The summed E-state index contributed by atoms with van der Waals surface area (Å²) in [6.07, 6.45) is 1.37. The lowest BCUT2D eigenvalue weighted by molar-refractivity contribution is 0.0699. The highest BCUT2D eigenvalue weighted by Crippen LogP contribution is 2.33. The second kappa shape index (κ2) is 6.10. The van der Waals surface area contributed by atoms with Crippen LogP contribution in [0.1, 0.15) is 10.4 Å². The molecule has 0 spiro atoms. The molecule has 6 nitrogen and oxygen atoms in total. The van der Waals surface area contributed by atoms with Crippen molar-refractivity contribution in [2.75, 3.05) is 12.4 Å². The number of nitrogens with zero attached hydrogens (tertiary/aromatic N) is 2. The molecule has 0 aliphatic heterocycles. The Labute approximate surface area is 136 Å². The molecule has 2 aromatic carbocycles. The summed E-state index contributed by atoms with van der Waals surface area (Å²) in [5.41, 5.74) is 1.23. The summed E-state index contributed by atoms with van der Waals surface area (Å²) in [5.74, 6) is -0.117. The number of anilines is 2. The van der Waals surface area contributed by atoms with Gasteiger partial charge in [0, 0.05) is 5.02 Å². The minimum atomic E-state index is -1.05. The number of carboxylic acids is 1. The van der Waals surface area contributed by atoms with Crippen molar-refractivity contribution in [2.45, 2.75) is 0 Å². The van der Waals surface area contributed by atoms with Gasteiger partial charge in [-0.1, -0.05) is 17.7 Å². The van der Waals surface area contributed by atoms with E-state index >= 15 is 0 Å². The summed E-state index contributed by atoms with van der Waals surface area (Å²) in [5, 5.41) is 13.4. The number of nitrogens with one attached hydrogen (secondary N) is 1. The maximum absolute atomic E-state index is 11.5. The Morgan fingerprint density at radius 1 is 1.26 bits per heavy atom. The molecule has 0 fully saturated rings. The van der Waals surface area contributed by atoms with Crippen molar-refractivity contribution >= 4 is 40.0 Å². The highest BCUT2D eigenvalue weighted by Gasteiger charge is 2.15. The number of hydrogen-bond acceptors (Lipinski definition) is 5. The largest absolute Gasteiger partial charge is 0.495 e. The molecule has 116 valence electrons. The predicted octanol–water partition coefficient (Wildman–Crippen LogP) is 3.73. The molecule has 0 aliphatic carbocycles. The number of aromatic nitrogens is 2. The summed E-state index contributed by atoms with van der Waals surface area (Å²) in [6, 6.07) is 9.97. The van der Waals surface area contributed by atoms with E-state index in [1.807, 2.05) is 0 Å². The van der Waals surface area contributed by atoms with Crippen LogP contribution in [0.25, 0.3) is 10.9 Å². The van der Waals surface area contributed by atoms with E-state index in [1.54, 1.807) is 30.3 Å². The number of carboxylic acid groups (broad SMARTS) is 1. The molecule has 0 saturated carbocycles. The molecule has 0 saturated heterocycles. The van der Waals surface area contributed by atoms with Gasteiger partial charge in [0.25, 0.3) is 0 Å². The number of methoxy groups -OCH3 is 1. The van der Waals surface area contributed by atoms with Crippen molar-refractivity contribution in [1.29, 1.82) is 0 Å². The van der Waals surface area contributed by atoms with Gasteiger partial charge in [-0.2, -0.15) is 0 Å². The monoisotopic (exact) mass is 329 g/mol. The van der Waals surface area contributed by atoms with E-state index in [-0.39, 0.29) is 5.56 Å². The molecule has 2 N–H and O–H groups in total. The molecule has 0 amide bonds. The van der Waals surface area contributed by atoms with Crippen LogP contribution in [0, 0.1) is 0 Å². The zero-order chi connectivity index (χ0) is 16.4. The predicted molar refractivity (Wildman–Crippen MR) is 87.8 cm³/mol. The number of benzene rings is 2. The molecule has 23 heavy (non-hydrogen) atoms. The molecular formula is C16H12ClN3O3. The van der Waals surface area contributed by atoms with Gasteiger partial charge in [0.15, 0.2) is 0 Å². The van der Waals surface area contributed by atoms with E-state index < -0.39 is 5.97 Å². The highest BCUT2D eigenvalue weighted by atomic mass is 35.5. The van der Waals surface area contributed by atoms with E-state index in [0.717, 1.165) is 0 Å². The normalized spacial score (nSPS) is 10.5. The lowest BCUT2D eigenvalue weighted by Crippen LogP contribution is -2.03. The minimum absolute atomic E-state index is 0.117. The Hall–Kier alpha value is -2.86. The van der Waals surface area contributed by atoms with Crippen LogP contribution in [0.4, 0.5) is 11.5 Å². The van der Waals surface area contributed by atoms with Crippen LogP contribution in [-0.4, -0.2) is 28.2 Å². The molecule has 0 bridgehead atoms. The van der Waals surface area contributed by atoms with Crippen molar-refractivity contribution in [3.8, 4) is 5.75 Å². The van der Waals surface area contributed by atoms with Crippen LogP contribution in [0.5, 0.6) is 5.75 Å². The molecule has 0 radical (unpaired) electrons. The summed E-state index contributed by atoms with van der Waals surface area (Å²) in [7, 11) is 1.54. The third kappa shape index (κ3) is 2.89. The first-order valence-corrected chi connectivity index (χ1v) is 7.05. The number of ether oxygens (including phenoxy) is 1. The quantitative estimate of drug-likeness (QED) is 0.758. The Balaban J connectivity index is 2.18. The Morgan fingerprint density at radius 2 is 2.09 bits per heavy atom. The van der Waals surface area contributed by atoms with Gasteiger partial charge in [-0.15, -0.1) is 0 Å². The molecule has 0 aliphatic rings. The molecule has 3 aromatic rings. The topological polar surface area (TPSA) is 84.3 Å². The molecule has 0 atom stereocenters. The molecule has 1 heterocycles. The van der Waals surface area contributed by atoms with Crippen LogP contribution in [0.3, 0.4) is 0 Å². The third-order valence-electron chi connectivity index (χ3n) is 3.31. The Kier molecular flexibility index (Phi) is 3.99. The van der Waals surface area contributed by atoms with Crippen LogP contribution >= 0.6 is 11.6 Å². The average Bonchev–Trinajstić information content (AvgIpc) is 2.54. The summed E-state index contributed by atoms with van der Waals surface area (Å²) >= 11 is 6.02. The first kappa shape index (κ1) is 15.1. The zero-order valence-corrected chi connectivity index (χ0v) is 12.8. The van der Waals surface area contributed by atoms with Crippen LogP contribution in [-0.2, 0) is 0 Å². The van der Waals surface area contributed by atoms with E-state index in [2.05, 4.69) is 15.3 Å². The lowest BCUT2D eigenvalue weighted by atomic mass is 10.1. The maximum Gasteiger partial charge on any atom is 0.336 e. The van der Waals surface area contributed by atoms with E-state index in [9.17, 15) is 9.90 Å². The highest BCUT2D eigenvalue weighted by molar-refractivity contribution is 6.31. The summed E-state index contributed by atoms with van der Waals surface area (Å²) in [4.78, 5) is 19.7. The van der Waals surface area contributed by atoms with Crippen LogP contribution in [0.2, 0.25) is 5.02 Å². The van der Waals surface area contributed by atoms with Crippen LogP contribution < -0.4 is 10.1 Å². The second-order valence-corrected chi connectivity index (χ2v) is 5.13. The van der Waals surface area contributed by atoms with Crippen LogP contribution in [0.15, 0.2) is 42.7 Å². The van der Waals surface area contributed by atoms with Gasteiger partial charge in [0.05, 0.1) is 29.3 Å². The molecular weight excluding hydrogens is 318 g/mol. The first-order valence-electron chi connectivity index (χ1n) is 6.67. The van der Waals surface area contributed by atoms with Gasteiger partial charge in [-0.3, -0.25) is 0 Å². The van der Waals surface area contributed by atoms with Crippen molar-refractivity contribution in [2.24, 2.45) is 0 Å². The number of hydrogen-bond donors (Lipinski definition) is 2. The van der Waals surface area contributed by atoms with E-state index in [0.29, 0.717) is 33.2 Å². The van der Waals surface area contributed by atoms with Gasteiger partial charge < -0.3 is 15.2 Å². The molecule has 3 rings (SSSR count). The van der Waals surface area contributed by atoms with Gasteiger partial charge in [-0.05, 0) is 30.3 Å². The van der Waals surface area contributed by atoms with Crippen molar-refractivity contribution in [3.63, 3.8) is 0 Å². The van der Waals surface area contributed by atoms with Crippen molar-refractivity contribution in [1.82, 2.24) is 9.97 Å². The lowest BCUT2D eigenvalue weighted by Gasteiger charge is -2.13. The molecule has 0 unspecified atom stereocenters. The van der Waals surface area contributed by atoms with E-state index in [4.69, 9.17) is 16.3 Å². The average molecular weight is 330 g/mol. The minimum Gasteiger partial charge on any atom is -0.495 e. The van der Waals surface area contributed by atoms with Gasteiger partial charge in [0.2, 0.25) is 0 Å². The fourth-order valence-electron chi connectivity index (χ4n) is 2.29. The first-order chi connectivity index (χ1) is 11.1. The molecule has 7 heteroatoms. The summed E-state index contributed by atoms with van der Waals surface area (Å²) < 4.78 is 5.28. The number of carbonyl (C=O) groups is 1. The van der Waals surface area contributed by atoms with Crippen molar-refractivity contribution in [3.05, 3.63) is 53.3 Å². The van der Waals surface area contributed by atoms with E-state index in [1.165, 1.54) is 19.5 Å². The maximum atomic E-state index is 11.5. The fourth-order valence-corrected chi connectivity index (χ4v) is 2.46. The standard InChI is InChI=1S/C16H12ClN3O3/c1-23-13-6-5-9(17)7-12(13)20-15-14-10(16(21)22)3-2-4-11(14)18-8-19-15/h2-8H,1H3,(H,21,22)(H,18,19,20). The fraction of sp³-hybridized carbons (Fsp3) is 0.0625. The van der Waals surface area contributed by atoms with Gasteiger partial charge in [0.1, 0.15) is 17.9 Å². The Bertz CT molecular complexity index is 894. The zero-order valence-electron chi connectivity index (χ0n) is 12.1. The molecule has 1 aromatic heterocycles. The number of halogens is 1. The van der Waals surface area contributed by atoms with Crippen molar-refractivity contribution < 1.29 is 14.6 Å². The third-order valence-corrected chi connectivity index (χ3v) is 3.54. The second-order valence-electron chi connectivity index (χ2n) is 4.70. The smallest absolute Gasteiger partial charge is 0.336 e. The Morgan fingerprint density at radius 3 is 2.83 bits per heavy atom.